The summed E-state index contributed by atoms with van der Waals surface area (Å²) in [5, 5.41) is 3.91. The summed E-state index contributed by atoms with van der Waals surface area (Å²) in [5.41, 5.74) is 4.29. The molecule has 8 heteroatoms. The van der Waals surface area contributed by atoms with E-state index < -0.39 is 24.0 Å². The number of hydrogen-bond donors (Lipinski definition) is 1. The van der Waals surface area contributed by atoms with Crippen LogP contribution in [0.1, 0.15) is 37.0 Å². The highest BCUT2D eigenvalue weighted by molar-refractivity contribution is 5.85. The molecule has 47 heavy (non-hydrogen) atoms. The van der Waals surface area contributed by atoms with Crippen LogP contribution in [0.2, 0.25) is 0 Å². The van der Waals surface area contributed by atoms with E-state index >= 15 is 0 Å². The number of ether oxygens (including phenoxy) is 2. The Morgan fingerprint density at radius 1 is 0.745 bits per heavy atom. The van der Waals surface area contributed by atoms with Gasteiger partial charge in [-0.1, -0.05) is 117 Å². The molecule has 0 unspecified atom stereocenters. The molecule has 2 amide bonds. The van der Waals surface area contributed by atoms with Gasteiger partial charge in [0.05, 0.1) is 6.42 Å². The smallest absolute Gasteiger partial charge is 0.329 e. The molecule has 4 aromatic carbocycles. The number of nitrogens with zero attached hydrogens (tertiary/aromatic N) is 1. The van der Waals surface area contributed by atoms with Crippen molar-refractivity contribution in [3.05, 3.63) is 132 Å². The third kappa shape index (κ3) is 9.81. The van der Waals surface area contributed by atoms with Crippen LogP contribution in [0.4, 0.5) is 4.79 Å². The fraction of sp³-hybridized carbons (Fsp3) is 0.256. The summed E-state index contributed by atoms with van der Waals surface area (Å²) in [6, 6.07) is 35.0. The first-order valence-electron chi connectivity index (χ1n) is 15.9. The highest BCUT2D eigenvalue weighted by Gasteiger charge is 2.26. The van der Waals surface area contributed by atoms with Crippen molar-refractivity contribution in [3.63, 3.8) is 0 Å². The summed E-state index contributed by atoms with van der Waals surface area (Å²) in [5.74, 6) is -0.0686. The first kappa shape index (κ1) is 33.0. The zero-order valence-corrected chi connectivity index (χ0v) is 26.8. The number of nitrogens with one attached hydrogen (secondary N) is 1. The molecule has 1 aromatic heterocycles. The lowest BCUT2D eigenvalue weighted by Crippen LogP contribution is -2.50. The molecule has 0 radical (unpaired) electrons. The number of amides is 2. The van der Waals surface area contributed by atoms with Gasteiger partial charge in [-0.3, -0.25) is 4.79 Å². The third-order valence-electron chi connectivity index (χ3n) is 7.61. The van der Waals surface area contributed by atoms with Gasteiger partial charge in [-0.25, -0.2) is 9.59 Å². The van der Waals surface area contributed by atoms with Crippen LogP contribution >= 0.6 is 0 Å². The van der Waals surface area contributed by atoms with Crippen LogP contribution in [0.5, 0.6) is 0 Å². The van der Waals surface area contributed by atoms with E-state index in [1.807, 2.05) is 129 Å². The van der Waals surface area contributed by atoms with Gasteiger partial charge < -0.3 is 24.1 Å². The first-order chi connectivity index (χ1) is 22.8. The lowest BCUT2D eigenvalue weighted by molar-refractivity contribution is -0.147. The number of benzene rings is 4. The molecule has 1 atom stereocenters. The van der Waals surface area contributed by atoms with Crippen molar-refractivity contribution < 1.29 is 28.3 Å². The molecule has 0 aliphatic rings. The van der Waals surface area contributed by atoms with Crippen LogP contribution in [0.3, 0.4) is 0 Å². The van der Waals surface area contributed by atoms with Crippen molar-refractivity contribution in [3.8, 4) is 11.3 Å². The van der Waals surface area contributed by atoms with E-state index in [0.29, 0.717) is 6.54 Å². The molecule has 1 heterocycles. The maximum absolute atomic E-state index is 13.6. The minimum atomic E-state index is -0.956. The van der Waals surface area contributed by atoms with Crippen molar-refractivity contribution in [2.24, 2.45) is 5.92 Å². The molecule has 0 aliphatic carbocycles. The summed E-state index contributed by atoms with van der Waals surface area (Å²) in [6.07, 6.45) is 0.244. The summed E-state index contributed by atoms with van der Waals surface area (Å²) in [6.45, 7) is 4.78. The largest absolute Gasteiger partial charge is 0.461 e. The second kappa shape index (κ2) is 16.3. The highest BCUT2D eigenvalue weighted by atomic mass is 16.5. The van der Waals surface area contributed by atoms with Gasteiger partial charge in [0.15, 0.2) is 0 Å². The molecule has 0 saturated heterocycles. The zero-order chi connectivity index (χ0) is 33.0. The lowest BCUT2D eigenvalue weighted by atomic mass is 10.0. The minimum Gasteiger partial charge on any atom is -0.461 e. The number of hydrogen-bond acceptors (Lipinski definition) is 6. The number of rotatable bonds is 14. The van der Waals surface area contributed by atoms with E-state index in [0.717, 1.165) is 39.0 Å². The van der Waals surface area contributed by atoms with E-state index in [9.17, 15) is 14.4 Å². The maximum atomic E-state index is 13.6. The van der Waals surface area contributed by atoms with Crippen LogP contribution in [0.15, 0.2) is 120 Å². The Bertz CT molecular complexity index is 1720. The molecule has 8 nitrogen and oxygen atoms in total. The van der Waals surface area contributed by atoms with Gasteiger partial charge in [-0.05, 0) is 34.7 Å². The maximum Gasteiger partial charge on any atom is 0.329 e. The predicted octanol–water partition coefficient (Wildman–Crippen LogP) is 7.56. The summed E-state index contributed by atoms with van der Waals surface area (Å²) in [7, 11) is 0. The lowest BCUT2D eigenvalue weighted by Gasteiger charge is -2.27. The third-order valence-corrected chi connectivity index (χ3v) is 7.61. The van der Waals surface area contributed by atoms with Gasteiger partial charge in [0.2, 0.25) is 0 Å². The quantitative estimate of drug-likeness (QED) is 0.127. The molecule has 5 rings (SSSR count). The number of esters is 2. The first-order valence-corrected chi connectivity index (χ1v) is 15.9. The summed E-state index contributed by atoms with van der Waals surface area (Å²) >= 11 is 0. The molecule has 5 aromatic rings. The van der Waals surface area contributed by atoms with Crippen LogP contribution in [0.25, 0.3) is 22.3 Å². The molecule has 0 spiro atoms. The van der Waals surface area contributed by atoms with Crippen molar-refractivity contribution in [1.82, 2.24) is 10.2 Å². The molecule has 1 N–H and O–H groups in total. The Balaban J connectivity index is 1.26. The normalized spacial score (nSPS) is 11.6. The number of carbonyl (C=O) groups excluding carboxylic acids is 3. The second-order valence-corrected chi connectivity index (χ2v) is 11.9. The van der Waals surface area contributed by atoms with Gasteiger partial charge >= 0.3 is 18.0 Å². The van der Waals surface area contributed by atoms with E-state index in [-0.39, 0.29) is 38.5 Å². The average molecular weight is 633 g/mol. The monoisotopic (exact) mass is 632 g/mol. The molecular formula is C39H40N2O6. The van der Waals surface area contributed by atoms with Crippen LogP contribution in [-0.2, 0) is 38.7 Å². The summed E-state index contributed by atoms with van der Waals surface area (Å²) in [4.78, 5) is 41.1. The SMILES string of the molecule is CC(C)CN(CCC(=O)OCc1ccccc1)C(=O)N[C@@H](Cc1ccc(-c2cc3ccccc3o2)cc1)C(=O)OCc1ccccc1. The van der Waals surface area contributed by atoms with Crippen molar-refractivity contribution >= 4 is 28.9 Å². The van der Waals surface area contributed by atoms with Gasteiger partial charge in [0, 0.05) is 30.5 Å². The molecular weight excluding hydrogens is 592 g/mol. The Morgan fingerprint density at radius 3 is 2.00 bits per heavy atom. The summed E-state index contributed by atoms with van der Waals surface area (Å²) < 4.78 is 17.1. The number of furan rings is 1. The predicted molar refractivity (Wildman–Crippen MR) is 181 cm³/mol. The van der Waals surface area contributed by atoms with Gasteiger partial charge in [-0.15, -0.1) is 0 Å². The van der Waals surface area contributed by atoms with Crippen LogP contribution < -0.4 is 5.32 Å². The van der Waals surface area contributed by atoms with E-state index in [2.05, 4.69) is 5.32 Å². The molecule has 0 bridgehead atoms. The van der Waals surface area contributed by atoms with Crippen LogP contribution in [-0.4, -0.2) is 42.0 Å². The van der Waals surface area contributed by atoms with Gasteiger partial charge in [-0.2, -0.15) is 0 Å². The van der Waals surface area contributed by atoms with Crippen molar-refractivity contribution in [2.75, 3.05) is 13.1 Å². The Labute approximate surface area is 275 Å². The topological polar surface area (TPSA) is 98.1 Å². The molecule has 242 valence electrons. The minimum absolute atomic E-state index is 0.0271. The fourth-order valence-corrected chi connectivity index (χ4v) is 5.18. The zero-order valence-electron chi connectivity index (χ0n) is 26.8. The highest BCUT2D eigenvalue weighted by Crippen LogP contribution is 2.28. The Morgan fingerprint density at radius 2 is 1.36 bits per heavy atom. The number of fused-ring (bicyclic) bond motifs is 1. The van der Waals surface area contributed by atoms with Crippen LogP contribution in [0, 0.1) is 5.92 Å². The Kier molecular flexibility index (Phi) is 11.4. The standard InChI is InChI=1S/C39H40N2O6/c1-28(2)25-41(22-21-37(42)45-26-30-11-5-3-6-12-30)39(44)40-34(38(43)46-27-31-13-7-4-8-14-31)23-29-17-19-32(20-18-29)36-24-33-15-9-10-16-35(33)47-36/h3-20,24,28,34H,21-23,25-27H2,1-2H3,(H,40,44)/t34-/m0/s1. The van der Waals surface area contributed by atoms with E-state index in [1.54, 1.807) is 4.90 Å². The van der Waals surface area contributed by atoms with Gasteiger partial charge in [0.25, 0.3) is 0 Å². The van der Waals surface area contributed by atoms with E-state index in [1.165, 1.54) is 0 Å². The molecule has 0 saturated carbocycles. The Hall–Kier alpha value is -5.37. The molecule has 0 fully saturated rings. The fourth-order valence-electron chi connectivity index (χ4n) is 5.18. The second-order valence-electron chi connectivity index (χ2n) is 11.9. The van der Waals surface area contributed by atoms with Crippen molar-refractivity contribution in [2.45, 2.75) is 45.9 Å². The average Bonchev–Trinajstić information content (AvgIpc) is 3.53. The number of carbonyl (C=O) groups is 3. The number of urea groups is 1. The van der Waals surface area contributed by atoms with Gasteiger partial charge in [0.1, 0.15) is 30.6 Å². The van der Waals surface area contributed by atoms with Crippen molar-refractivity contribution in [1.29, 1.82) is 0 Å². The molecule has 0 aliphatic heterocycles. The van der Waals surface area contributed by atoms with E-state index in [4.69, 9.17) is 13.9 Å². The number of para-hydroxylation sites is 1.